The van der Waals surface area contributed by atoms with E-state index in [2.05, 4.69) is 21.4 Å². The first-order chi connectivity index (χ1) is 32.8. The van der Waals surface area contributed by atoms with Crippen LogP contribution in [0.3, 0.4) is 0 Å². The Morgan fingerprint density at radius 1 is 0.671 bits per heavy atom. The normalized spacial score (nSPS) is 23.5. The molecule has 4 aliphatic rings. The van der Waals surface area contributed by atoms with Gasteiger partial charge < -0.3 is 14.8 Å². The summed E-state index contributed by atoms with van der Waals surface area (Å²) >= 11 is 0. The Hall–Kier alpha value is -5.88. The molecule has 2 heterocycles. The van der Waals surface area contributed by atoms with Crippen molar-refractivity contribution in [3.63, 3.8) is 0 Å². The first-order valence-electron chi connectivity index (χ1n) is 21.7. The average Bonchev–Trinajstić information content (AvgIpc) is 4.17. The van der Waals surface area contributed by atoms with Crippen LogP contribution in [0.5, 0.6) is 0 Å². The molecule has 23 heteroatoms. The number of benzene rings is 2. The molecule has 1 amide bonds. The quantitative estimate of drug-likeness (QED) is 0.125. The van der Waals surface area contributed by atoms with Crippen molar-refractivity contribution in [2.75, 3.05) is 14.2 Å². The Kier molecular flexibility index (Phi) is 14.4. The standard InChI is InChI=1S/C24H22F4N2O4S.C23H21F4N3O4S/c1-34-21-10-16(9-17(21)20(31)11-23(13-29)6-7-23)35(32,33)22-5-2-14(8-18(22)24(26,27)28)19-4-3-15(25)12-30-19;1-34-19-10-15(9-16(19)21(31)30-22(12-28)6-7-22)35(32,33)20-5-2-13(8-17(20)23(25,26)27)18-4-3-14(24)11-29-18/h2-5,8,12,16-17,21H,6-7,9-11H2,1H3;2-5,8,11,15-16,19H,6-7,9-10H2,1H3,(H,30,31)/t16-,17+,21-;15-,16-,19-/m01/s1. The van der Waals surface area contributed by atoms with Gasteiger partial charge in [-0.1, -0.05) is 12.1 Å². The smallest absolute Gasteiger partial charge is 0.381 e. The molecule has 2 aromatic heterocycles. The molecule has 1 N–H and O–H groups in total. The minimum absolute atomic E-state index is 0.0169. The molecule has 0 aliphatic heterocycles. The summed E-state index contributed by atoms with van der Waals surface area (Å²) < 4.78 is 174. The van der Waals surface area contributed by atoms with Crippen LogP contribution in [-0.2, 0) is 51.1 Å². The van der Waals surface area contributed by atoms with Gasteiger partial charge in [0.05, 0.1) is 90.9 Å². The Labute approximate surface area is 397 Å². The van der Waals surface area contributed by atoms with Gasteiger partial charge in [0, 0.05) is 37.7 Å². The highest BCUT2D eigenvalue weighted by Gasteiger charge is 2.53. The zero-order valence-electron chi connectivity index (χ0n) is 37.2. The lowest BCUT2D eigenvalue weighted by Gasteiger charge is -2.19. The van der Waals surface area contributed by atoms with E-state index in [9.17, 15) is 72.1 Å². The fraction of sp³-hybridized carbons (Fsp3) is 0.447. The van der Waals surface area contributed by atoms with Crippen LogP contribution in [-0.4, -0.2) is 81.0 Å². The van der Waals surface area contributed by atoms with E-state index in [0.717, 1.165) is 36.7 Å². The molecule has 0 unspecified atom stereocenters. The average molecular weight is 1020 g/mol. The first kappa shape index (κ1) is 52.0. The summed E-state index contributed by atoms with van der Waals surface area (Å²) in [6.07, 6.45) is -8.50. The third kappa shape index (κ3) is 10.9. The number of aromatic nitrogens is 2. The number of amides is 1. The third-order valence-electron chi connectivity index (χ3n) is 13.3. The van der Waals surface area contributed by atoms with Gasteiger partial charge in [-0.05, 0) is 99.9 Å². The predicted molar refractivity (Wildman–Crippen MR) is 231 cm³/mol. The van der Waals surface area contributed by atoms with Crippen molar-refractivity contribution in [2.45, 2.75) is 108 Å². The zero-order valence-corrected chi connectivity index (χ0v) is 38.8. The Morgan fingerprint density at radius 3 is 1.47 bits per heavy atom. The number of halogens is 8. The highest BCUT2D eigenvalue weighted by atomic mass is 32.2. The largest absolute Gasteiger partial charge is 0.417 e. The molecule has 372 valence electrons. The maximum Gasteiger partial charge on any atom is 0.417 e. The fourth-order valence-electron chi connectivity index (χ4n) is 8.98. The van der Waals surface area contributed by atoms with Gasteiger partial charge in [0.1, 0.15) is 23.0 Å². The number of alkyl halides is 6. The van der Waals surface area contributed by atoms with Crippen molar-refractivity contribution < 1.29 is 71.0 Å². The van der Waals surface area contributed by atoms with Crippen molar-refractivity contribution in [2.24, 2.45) is 17.3 Å². The lowest BCUT2D eigenvalue weighted by molar-refractivity contribution is -0.140. The van der Waals surface area contributed by atoms with Crippen LogP contribution in [0.2, 0.25) is 0 Å². The van der Waals surface area contributed by atoms with Crippen LogP contribution in [0.25, 0.3) is 22.5 Å². The monoisotopic (exact) mass is 1020 g/mol. The van der Waals surface area contributed by atoms with Crippen molar-refractivity contribution >= 4 is 31.4 Å². The molecule has 4 aliphatic carbocycles. The number of ether oxygens (including phenoxy) is 2. The predicted octanol–water partition coefficient (Wildman–Crippen LogP) is 8.38. The van der Waals surface area contributed by atoms with Gasteiger partial charge in [0.15, 0.2) is 19.7 Å². The molecule has 0 bridgehead atoms. The molecule has 4 fully saturated rings. The van der Waals surface area contributed by atoms with Gasteiger partial charge in [-0.15, -0.1) is 0 Å². The number of carbonyl (C=O) groups excluding carboxylic acids is 2. The van der Waals surface area contributed by atoms with Crippen molar-refractivity contribution in [1.29, 1.82) is 10.5 Å². The summed E-state index contributed by atoms with van der Waals surface area (Å²) in [6.45, 7) is 0. The zero-order chi connectivity index (χ0) is 51.2. The van der Waals surface area contributed by atoms with E-state index >= 15 is 0 Å². The highest BCUT2D eigenvalue weighted by molar-refractivity contribution is 7.92. The van der Waals surface area contributed by atoms with Gasteiger partial charge in [-0.3, -0.25) is 19.6 Å². The highest BCUT2D eigenvalue weighted by Crippen LogP contribution is 2.50. The fourth-order valence-corrected chi connectivity index (χ4v) is 13.0. The van der Waals surface area contributed by atoms with Gasteiger partial charge in [0.25, 0.3) is 0 Å². The molecule has 0 radical (unpaired) electrons. The summed E-state index contributed by atoms with van der Waals surface area (Å²) in [5.41, 5.74) is -4.36. The summed E-state index contributed by atoms with van der Waals surface area (Å²) in [7, 11) is -6.41. The first-order valence-corrected chi connectivity index (χ1v) is 24.8. The second kappa shape index (κ2) is 19.4. The number of Topliss-reactive ketones (excluding diaryl/α,β-unsaturated/α-hetero) is 1. The molecule has 6 atom stereocenters. The van der Waals surface area contributed by atoms with Crippen LogP contribution < -0.4 is 5.32 Å². The van der Waals surface area contributed by atoms with Crippen molar-refractivity contribution in [1.82, 2.24) is 15.3 Å². The van der Waals surface area contributed by atoms with Crippen LogP contribution >= 0.6 is 0 Å². The number of nitrogens with zero attached hydrogens (tertiary/aromatic N) is 4. The van der Waals surface area contributed by atoms with Crippen molar-refractivity contribution in [3.8, 4) is 34.7 Å². The summed E-state index contributed by atoms with van der Waals surface area (Å²) in [6, 6.07) is 14.1. The van der Waals surface area contributed by atoms with E-state index in [1.807, 2.05) is 6.07 Å². The Morgan fingerprint density at radius 2 is 1.11 bits per heavy atom. The lowest BCUT2D eigenvalue weighted by Crippen LogP contribution is -2.42. The van der Waals surface area contributed by atoms with Crippen LogP contribution in [0.1, 0.15) is 68.9 Å². The number of hydrogen-bond donors (Lipinski definition) is 1. The van der Waals surface area contributed by atoms with Gasteiger partial charge >= 0.3 is 12.4 Å². The number of pyridine rings is 2. The number of carbonyl (C=O) groups is 2. The Balaban J connectivity index is 0.000000206. The minimum atomic E-state index is -5.00. The lowest BCUT2D eigenvalue weighted by atomic mass is 9.91. The number of ketones is 1. The number of sulfone groups is 2. The van der Waals surface area contributed by atoms with Gasteiger partial charge in [0.2, 0.25) is 5.91 Å². The van der Waals surface area contributed by atoms with Crippen molar-refractivity contribution in [3.05, 3.63) is 95.8 Å². The Bertz CT molecular complexity index is 2770. The van der Waals surface area contributed by atoms with Gasteiger partial charge in [-0.25, -0.2) is 25.6 Å². The number of nitrogens with one attached hydrogen (secondary N) is 1. The molecule has 4 aromatic rings. The van der Waals surface area contributed by atoms with E-state index in [1.165, 1.54) is 38.5 Å². The molecule has 0 saturated heterocycles. The van der Waals surface area contributed by atoms with E-state index in [0.29, 0.717) is 37.8 Å². The molecule has 4 saturated carbocycles. The van der Waals surface area contributed by atoms with E-state index in [-0.39, 0.29) is 60.4 Å². The second-order valence-corrected chi connectivity index (χ2v) is 22.3. The van der Waals surface area contributed by atoms with E-state index in [4.69, 9.17) is 9.47 Å². The molecule has 8 rings (SSSR count). The summed E-state index contributed by atoms with van der Waals surface area (Å²) in [5.74, 6) is -3.93. The molecular formula is C47H43F8N5O8S2. The minimum Gasteiger partial charge on any atom is -0.381 e. The van der Waals surface area contributed by atoms with E-state index < -0.39 is 116 Å². The second-order valence-electron chi connectivity index (χ2n) is 17.9. The third-order valence-corrected chi connectivity index (χ3v) is 17.8. The van der Waals surface area contributed by atoms with Crippen LogP contribution in [0, 0.1) is 51.5 Å². The van der Waals surface area contributed by atoms with Crippen LogP contribution in [0.15, 0.2) is 82.8 Å². The molecule has 2 aromatic carbocycles. The SMILES string of the molecule is CO[C@@H]1C[C@H](S(=O)(=O)c2ccc(-c3ccc(F)cn3)cc2C(F)(F)F)C[C@H]1C(=O)NC1(C#N)CC1.CO[C@H]1C[C@@H](S(=O)(=O)c2ccc(-c3ccc(F)cn3)cc2C(F)(F)F)C[C@@H]1C(=O)CC1(C#N)CC1. The maximum atomic E-state index is 14.0. The molecule has 13 nitrogen and oxygen atoms in total. The van der Waals surface area contributed by atoms with Gasteiger partial charge in [-0.2, -0.15) is 36.9 Å². The number of methoxy groups -OCH3 is 2. The number of hydrogen-bond acceptors (Lipinski definition) is 12. The maximum absolute atomic E-state index is 14.0. The summed E-state index contributed by atoms with van der Waals surface area (Å²) in [4.78, 5) is 31.3. The van der Waals surface area contributed by atoms with Crippen LogP contribution in [0.4, 0.5) is 35.1 Å². The van der Waals surface area contributed by atoms with E-state index in [1.54, 1.807) is 0 Å². The molecule has 0 spiro atoms. The molecule has 70 heavy (non-hydrogen) atoms. The summed E-state index contributed by atoms with van der Waals surface area (Å²) in [5, 5.41) is 18.5. The molecular weight excluding hydrogens is 979 g/mol. The topological polar surface area (TPSA) is 206 Å². The number of rotatable bonds is 13. The number of nitriles is 2.